The molecule has 0 unspecified atom stereocenters. The molecule has 28 heavy (non-hydrogen) atoms. The fraction of sp³-hybridized carbons (Fsp3) is 0.0870. The second kappa shape index (κ2) is 8.67. The molecule has 0 heterocycles. The normalized spacial score (nSPS) is 10.0. The lowest BCUT2D eigenvalue weighted by Gasteiger charge is -2.07. The molecule has 5 heteroatoms. The Morgan fingerprint density at radius 1 is 0.893 bits per heavy atom. The van der Waals surface area contributed by atoms with Crippen molar-refractivity contribution in [2.45, 2.75) is 13.3 Å². The standard InChI is InChI=1S/C23H14F3NS/c1-2-15-3-7-17(8-4-15)19-11-10-18(22(25)23(19)26)9-5-16-6-12-21(27-14-28)20(24)13-16/h3-4,6-8,10-13H,2H2,1H3. The van der Waals surface area contributed by atoms with Gasteiger partial charge in [-0.05, 0) is 60.1 Å². The Morgan fingerprint density at radius 3 is 2.29 bits per heavy atom. The van der Waals surface area contributed by atoms with Gasteiger partial charge in [-0.15, -0.1) is 0 Å². The van der Waals surface area contributed by atoms with Crippen LogP contribution in [0.25, 0.3) is 11.1 Å². The van der Waals surface area contributed by atoms with Gasteiger partial charge in [0.2, 0.25) is 0 Å². The van der Waals surface area contributed by atoms with Gasteiger partial charge in [0, 0.05) is 11.1 Å². The van der Waals surface area contributed by atoms with E-state index >= 15 is 0 Å². The largest absolute Gasteiger partial charge is 0.205 e. The summed E-state index contributed by atoms with van der Waals surface area (Å²) in [6, 6.07) is 14.2. The lowest BCUT2D eigenvalue weighted by Crippen LogP contribution is -1.94. The van der Waals surface area contributed by atoms with Gasteiger partial charge in [-0.3, -0.25) is 0 Å². The molecule has 0 saturated carbocycles. The zero-order valence-electron chi connectivity index (χ0n) is 14.9. The van der Waals surface area contributed by atoms with E-state index in [0.29, 0.717) is 11.1 Å². The molecule has 0 spiro atoms. The van der Waals surface area contributed by atoms with Crippen LogP contribution in [0.2, 0.25) is 0 Å². The number of hydrogen-bond acceptors (Lipinski definition) is 2. The first-order chi connectivity index (χ1) is 13.5. The molecular weight excluding hydrogens is 379 g/mol. The van der Waals surface area contributed by atoms with Crippen LogP contribution < -0.4 is 0 Å². The van der Waals surface area contributed by atoms with Crippen molar-refractivity contribution in [2.75, 3.05) is 0 Å². The Hall–Kier alpha value is -3.19. The maximum Gasteiger partial charge on any atom is 0.175 e. The minimum atomic E-state index is -1.04. The monoisotopic (exact) mass is 393 g/mol. The van der Waals surface area contributed by atoms with Gasteiger partial charge in [0.05, 0.1) is 10.7 Å². The molecule has 0 saturated heterocycles. The first-order valence-corrected chi connectivity index (χ1v) is 8.91. The van der Waals surface area contributed by atoms with Crippen molar-refractivity contribution in [3.8, 4) is 23.0 Å². The molecule has 1 nitrogen and oxygen atoms in total. The fourth-order valence-electron chi connectivity index (χ4n) is 2.65. The summed E-state index contributed by atoms with van der Waals surface area (Å²) in [5.74, 6) is 2.55. The molecule has 0 aliphatic heterocycles. The number of aliphatic imine (C=N–C) groups is 1. The van der Waals surface area contributed by atoms with Gasteiger partial charge in [-0.25, -0.2) is 13.2 Å². The molecule has 0 N–H and O–H groups in total. The number of halogens is 3. The third kappa shape index (κ3) is 4.20. The Kier molecular flexibility index (Phi) is 6.06. The Balaban J connectivity index is 1.93. The average molecular weight is 393 g/mol. The third-order valence-corrected chi connectivity index (χ3v) is 4.30. The van der Waals surface area contributed by atoms with E-state index in [9.17, 15) is 13.2 Å². The summed E-state index contributed by atoms with van der Waals surface area (Å²) in [5, 5.41) is 2.08. The summed E-state index contributed by atoms with van der Waals surface area (Å²) in [5.41, 5.74) is 2.11. The van der Waals surface area contributed by atoms with E-state index in [0.717, 1.165) is 18.1 Å². The zero-order chi connectivity index (χ0) is 20.1. The number of nitrogens with zero attached hydrogens (tertiary/aromatic N) is 1. The van der Waals surface area contributed by atoms with Gasteiger partial charge in [-0.1, -0.05) is 43.0 Å². The Morgan fingerprint density at radius 2 is 1.64 bits per heavy atom. The lowest BCUT2D eigenvalue weighted by atomic mass is 10.0. The number of thiocarbonyl (C=S) groups is 1. The molecule has 3 aromatic carbocycles. The van der Waals surface area contributed by atoms with E-state index in [1.54, 1.807) is 12.1 Å². The first kappa shape index (κ1) is 19.6. The number of hydrogen-bond donors (Lipinski definition) is 0. The van der Waals surface area contributed by atoms with E-state index in [-0.39, 0.29) is 16.8 Å². The summed E-state index contributed by atoms with van der Waals surface area (Å²) in [6.45, 7) is 2.02. The predicted octanol–water partition coefficient (Wildman–Crippen LogP) is 6.47. The van der Waals surface area contributed by atoms with Gasteiger partial charge in [-0.2, -0.15) is 4.99 Å². The number of isothiocyanates is 1. The zero-order valence-corrected chi connectivity index (χ0v) is 15.7. The summed E-state index contributed by atoms with van der Waals surface area (Å²) in [7, 11) is 0. The van der Waals surface area contributed by atoms with Crippen LogP contribution in [0, 0.1) is 29.3 Å². The fourth-order valence-corrected chi connectivity index (χ4v) is 2.75. The number of aryl methyl sites for hydroxylation is 1. The van der Waals surface area contributed by atoms with Crippen LogP contribution in [0.4, 0.5) is 18.9 Å². The molecule has 3 rings (SSSR count). The van der Waals surface area contributed by atoms with Gasteiger partial charge < -0.3 is 0 Å². The third-order valence-electron chi connectivity index (χ3n) is 4.21. The lowest BCUT2D eigenvalue weighted by molar-refractivity contribution is 0.509. The molecule has 0 radical (unpaired) electrons. The van der Waals surface area contributed by atoms with Crippen molar-refractivity contribution in [3.05, 3.63) is 88.7 Å². The summed E-state index contributed by atoms with van der Waals surface area (Å²) in [6.07, 6.45) is 0.866. The highest BCUT2D eigenvalue weighted by Gasteiger charge is 2.13. The molecule has 0 aliphatic carbocycles. The Labute approximate surface area is 166 Å². The van der Waals surface area contributed by atoms with E-state index < -0.39 is 17.5 Å². The maximum atomic E-state index is 14.5. The van der Waals surface area contributed by atoms with Crippen LogP contribution in [0.3, 0.4) is 0 Å². The summed E-state index contributed by atoms with van der Waals surface area (Å²) in [4.78, 5) is 3.57. The van der Waals surface area contributed by atoms with Gasteiger partial charge in [0.15, 0.2) is 17.5 Å². The van der Waals surface area contributed by atoms with Crippen LogP contribution in [0.5, 0.6) is 0 Å². The van der Waals surface area contributed by atoms with Crippen LogP contribution in [-0.4, -0.2) is 5.16 Å². The highest BCUT2D eigenvalue weighted by Crippen LogP contribution is 2.27. The molecule has 0 atom stereocenters. The van der Waals surface area contributed by atoms with Crippen LogP contribution >= 0.6 is 12.2 Å². The van der Waals surface area contributed by atoms with E-state index in [1.807, 2.05) is 19.1 Å². The predicted molar refractivity (Wildman–Crippen MR) is 108 cm³/mol. The highest BCUT2D eigenvalue weighted by atomic mass is 32.1. The van der Waals surface area contributed by atoms with E-state index in [4.69, 9.17) is 0 Å². The molecule has 0 amide bonds. The van der Waals surface area contributed by atoms with Crippen LogP contribution in [0.15, 0.2) is 59.6 Å². The first-order valence-electron chi connectivity index (χ1n) is 8.50. The number of rotatable bonds is 3. The molecule has 138 valence electrons. The van der Waals surface area contributed by atoms with Crippen LogP contribution in [-0.2, 0) is 6.42 Å². The van der Waals surface area contributed by atoms with Gasteiger partial charge >= 0.3 is 0 Å². The molecule has 0 aliphatic rings. The molecule has 0 aromatic heterocycles. The van der Waals surface area contributed by atoms with Crippen molar-refractivity contribution in [1.82, 2.24) is 0 Å². The van der Waals surface area contributed by atoms with Gasteiger partial charge in [0.1, 0.15) is 5.69 Å². The number of benzene rings is 3. The molecule has 3 aromatic rings. The SMILES string of the molecule is CCc1ccc(-c2ccc(C#Cc3ccc(N=C=S)c(F)c3)c(F)c2F)cc1. The summed E-state index contributed by atoms with van der Waals surface area (Å²) >= 11 is 4.44. The van der Waals surface area contributed by atoms with Crippen LogP contribution in [0.1, 0.15) is 23.6 Å². The van der Waals surface area contributed by atoms with Crippen molar-refractivity contribution in [2.24, 2.45) is 4.99 Å². The van der Waals surface area contributed by atoms with Crippen molar-refractivity contribution in [1.29, 1.82) is 0 Å². The molecule has 0 fully saturated rings. The smallest absolute Gasteiger partial charge is 0.175 e. The second-order valence-corrected chi connectivity index (χ2v) is 6.14. The summed E-state index contributed by atoms with van der Waals surface area (Å²) < 4.78 is 42.8. The topological polar surface area (TPSA) is 12.4 Å². The highest BCUT2D eigenvalue weighted by molar-refractivity contribution is 7.78. The average Bonchev–Trinajstić information content (AvgIpc) is 2.71. The van der Waals surface area contributed by atoms with Gasteiger partial charge in [0.25, 0.3) is 0 Å². The van der Waals surface area contributed by atoms with E-state index in [2.05, 4.69) is 34.2 Å². The molecular formula is C23H14F3NS. The molecule has 0 bridgehead atoms. The van der Waals surface area contributed by atoms with Crippen molar-refractivity contribution >= 4 is 23.1 Å². The van der Waals surface area contributed by atoms with Crippen molar-refractivity contribution < 1.29 is 13.2 Å². The Bertz CT molecular complexity index is 1130. The minimum Gasteiger partial charge on any atom is -0.205 e. The quantitative estimate of drug-likeness (QED) is 0.282. The van der Waals surface area contributed by atoms with Crippen molar-refractivity contribution in [3.63, 3.8) is 0 Å². The maximum absolute atomic E-state index is 14.5. The minimum absolute atomic E-state index is 0.0382. The second-order valence-electron chi connectivity index (χ2n) is 5.96. The van der Waals surface area contributed by atoms with E-state index in [1.165, 1.54) is 24.3 Å².